The van der Waals surface area contributed by atoms with Gasteiger partial charge in [0.2, 0.25) is 0 Å². The Bertz CT molecular complexity index is 816. The van der Waals surface area contributed by atoms with Crippen molar-refractivity contribution < 1.29 is 19.0 Å². The highest BCUT2D eigenvalue weighted by Gasteiger charge is 2.07. The molecule has 0 unspecified atom stereocenters. The van der Waals surface area contributed by atoms with E-state index in [1.165, 1.54) is 6.21 Å². The number of hydrogen-bond acceptors (Lipinski definition) is 5. The fourth-order valence-corrected chi connectivity index (χ4v) is 2.43. The predicted octanol–water partition coefficient (Wildman–Crippen LogP) is 3.63. The summed E-state index contributed by atoms with van der Waals surface area (Å²) in [6.07, 6.45) is 1.59. The second-order valence-corrected chi connectivity index (χ2v) is 6.43. The molecular weight excluding hydrogens is 344 g/mol. The van der Waals surface area contributed by atoms with E-state index in [1.54, 1.807) is 13.2 Å². The average Bonchev–Trinajstić information content (AvgIpc) is 2.61. The zero-order valence-electron chi connectivity index (χ0n) is 16.4. The standard InChI is InChI=1S/C21H26N2O4/c1-14(2)27-19-9-7-17(11-20(19)25-5)12-22-23-21(24)13-26-18-8-6-15(3)10-16(18)4/h6-12,14H,13H2,1-5H3,(H,23,24)/b22-12+. The number of methoxy groups -OCH3 is 1. The molecule has 0 aliphatic carbocycles. The van der Waals surface area contributed by atoms with E-state index in [0.29, 0.717) is 17.2 Å². The largest absolute Gasteiger partial charge is 0.493 e. The number of carbonyl (C=O) groups excluding carboxylic acids is 1. The predicted molar refractivity (Wildman–Crippen MR) is 106 cm³/mol. The molecule has 0 radical (unpaired) electrons. The van der Waals surface area contributed by atoms with E-state index in [4.69, 9.17) is 14.2 Å². The summed E-state index contributed by atoms with van der Waals surface area (Å²) in [5.74, 6) is 1.62. The fraction of sp³-hybridized carbons (Fsp3) is 0.333. The summed E-state index contributed by atoms with van der Waals surface area (Å²) in [7, 11) is 1.58. The van der Waals surface area contributed by atoms with Crippen LogP contribution in [0, 0.1) is 13.8 Å². The first-order valence-electron chi connectivity index (χ1n) is 8.75. The van der Waals surface area contributed by atoms with E-state index < -0.39 is 0 Å². The zero-order valence-corrected chi connectivity index (χ0v) is 16.4. The lowest BCUT2D eigenvalue weighted by Gasteiger charge is -2.13. The van der Waals surface area contributed by atoms with Crippen LogP contribution < -0.4 is 19.6 Å². The minimum absolute atomic E-state index is 0.0508. The molecule has 0 fully saturated rings. The van der Waals surface area contributed by atoms with Gasteiger partial charge in [-0.2, -0.15) is 5.10 Å². The Morgan fingerprint density at radius 2 is 1.85 bits per heavy atom. The number of rotatable bonds is 8. The topological polar surface area (TPSA) is 69.2 Å². The van der Waals surface area contributed by atoms with Crippen LogP contribution in [0.3, 0.4) is 0 Å². The Kier molecular flexibility index (Phi) is 7.23. The molecule has 6 nitrogen and oxygen atoms in total. The van der Waals surface area contributed by atoms with Crippen LogP contribution in [-0.4, -0.2) is 31.9 Å². The van der Waals surface area contributed by atoms with Crippen molar-refractivity contribution in [2.75, 3.05) is 13.7 Å². The number of ether oxygens (including phenoxy) is 3. The molecule has 6 heteroatoms. The van der Waals surface area contributed by atoms with Gasteiger partial charge in [0, 0.05) is 0 Å². The molecule has 2 rings (SSSR count). The van der Waals surface area contributed by atoms with Gasteiger partial charge in [-0.15, -0.1) is 0 Å². The van der Waals surface area contributed by atoms with Crippen molar-refractivity contribution in [3.63, 3.8) is 0 Å². The summed E-state index contributed by atoms with van der Waals surface area (Å²) in [4.78, 5) is 11.9. The van der Waals surface area contributed by atoms with E-state index in [1.807, 2.05) is 58.0 Å². The molecule has 0 aliphatic heterocycles. The molecule has 2 aromatic carbocycles. The van der Waals surface area contributed by atoms with Crippen LogP contribution in [0.5, 0.6) is 17.2 Å². The van der Waals surface area contributed by atoms with Gasteiger partial charge in [-0.1, -0.05) is 17.7 Å². The Morgan fingerprint density at radius 3 is 2.52 bits per heavy atom. The maximum absolute atomic E-state index is 11.9. The Hall–Kier alpha value is -3.02. The lowest BCUT2D eigenvalue weighted by Crippen LogP contribution is -2.24. The number of aryl methyl sites for hydroxylation is 2. The van der Waals surface area contributed by atoms with E-state index in [-0.39, 0.29) is 18.6 Å². The zero-order chi connectivity index (χ0) is 19.8. The van der Waals surface area contributed by atoms with Gasteiger partial charge in [0.25, 0.3) is 5.91 Å². The van der Waals surface area contributed by atoms with Crippen LogP contribution in [0.15, 0.2) is 41.5 Å². The van der Waals surface area contributed by atoms with Gasteiger partial charge in [0.15, 0.2) is 18.1 Å². The molecule has 144 valence electrons. The quantitative estimate of drug-likeness (QED) is 0.569. The maximum atomic E-state index is 11.9. The number of carbonyl (C=O) groups is 1. The van der Waals surface area contributed by atoms with E-state index >= 15 is 0 Å². The highest BCUT2D eigenvalue weighted by molar-refractivity contribution is 5.83. The molecule has 1 N–H and O–H groups in total. The molecule has 0 bridgehead atoms. The van der Waals surface area contributed by atoms with Gasteiger partial charge < -0.3 is 14.2 Å². The first-order chi connectivity index (χ1) is 12.9. The van der Waals surface area contributed by atoms with Crippen LogP contribution in [0.4, 0.5) is 0 Å². The van der Waals surface area contributed by atoms with E-state index in [9.17, 15) is 4.79 Å². The second-order valence-electron chi connectivity index (χ2n) is 6.43. The number of amides is 1. The summed E-state index contributed by atoms with van der Waals surface area (Å²) in [6.45, 7) is 7.74. The molecule has 2 aromatic rings. The molecule has 27 heavy (non-hydrogen) atoms. The maximum Gasteiger partial charge on any atom is 0.277 e. The molecule has 0 heterocycles. The van der Waals surface area contributed by atoms with Crippen molar-refractivity contribution in [3.05, 3.63) is 53.1 Å². The number of benzene rings is 2. The van der Waals surface area contributed by atoms with Gasteiger partial charge in [-0.05, 0) is 63.1 Å². The SMILES string of the molecule is COc1cc(/C=N/NC(=O)COc2ccc(C)cc2C)ccc1OC(C)C. The van der Waals surface area contributed by atoms with Crippen molar-refractivity contribution in [3.8, 4) is 17.2 Å². The molecule has 0 aliphatic rings. The highest BCUT2D eigenvalue weighted by atomic mass is 16.5. The molecule has 0 spiro atoms. The number of hydrazone groups is 1. The molecule has 0 atom stereocenters. The highest BCUT2D eigenvalue weighted by Crippen LogP contribution is 2.28. The molecule has 1 amide bonds. The molecular formula is C21H26N2O4. The summed E-state index contributed by atoms with van der Waals surface area (Å²) < 4.78 is 16.5. The first-order valence-corrected chi connectivity index (χ1v) is 8.75. The Labute approximate surface area is 160 Å². The number of nitrogens with zero attached hydrogens (tertiary/aromatic N) is 1. The van der Waals surface area contributed by atoms with Crippen molar-refractivity contribution in [2.45, 2.75) is 33.8 Å². The summed E-state index contributed by atoms with van der Waals surface area (Å²) in [5, 5.41) is 3.96. The Balaban J connectivity index is 1.89. The number of nitrogens with one attached hydrogen (secondary N) is 1. The molecule has 0 aromatic heterocycles. The van der Waals surface area contributed by atoms with Gasteiger partial charge in [0.1, 0.15) is 5.75 Å². The normalized spacial score (nSPS) is 10.9. The Morgan fingerprint density at radius 1 is 1.11 bits per heavy atom. The van der Waals surface area contributed by atoms with E-state index in [0.717, 1.165) is 16.7 Å². The third-order valence-electron chi connectivity index (χ3n) is 3.64. The van der Waals surface area contributed by atoms with Crippen LogP contribution >= 0.6 is 0 Å². The van der Waals surface area contributed by atoms with Gasteiger partial charge in [0.05, 0.1) is 19.4 Å². The minimum atomic E-state index is -0.335. The van der Waals surface area contributed by atoms with Crippen molar-refractivity contribution >= 4 is 12.1 Å². The molecule has 0 saturated carbocycles. The van der Waals surface area contributed by atoms with Crippen LogP contribution in [-0.2, 0) is 4.79 Å². The smallest absolute Gasteiger partial charge is 0.277 e. The van der Waals surface area contributed by atoms with Crippen LogP contribution in [0.2, 0.25) is 0 Å². The second kappa shape index (κ2) is 9.62. The van der Waals surface area contributed by atoms with Crippen molar-refractivity contribution in [1.29, 1.82) is 0 Å². The monoisotopic (exact) mass is 370 g/mol. The fourth-order valence-electron chi connectivity index (χ4n) is 2.43. The van der Waals surface area contributed by atoms with Crippen LogP contribution in [0.1, 0.15) is 30.5 Å². The third kappa shape index (κ3) is 6.33. The van der Waals surface area contributed by atoms with Crippen LogP contribution in [0.25, 0.3) is 0 Å². The average molecular weight is 370 g/mol. The summed E-state index contributed by atoms with van der Waals surface area (Å²) in [5.41, 5.74) is 5.36. The first kappa shape index (κ1) is 20.3. The molecule has 0 saturated heterocycles. The van der Waals surface area contributed by atoms with Crippen molar-refractivity contribution in [1.82, 2.24) is 5.43 Å². The van der Waals surface area contributed by atoms with Gasteiger partial charge in [-0.3, -0.25) is 4.79 Å². The van der Waals surface area contributed by atoms with E-state index in [2.05, 4.69) is 10.5 Å². The lowest BCUT2D eigenvalue weighted by molar-refractivity contribution is -0.123. The van der Waals surface area contributed by atoms with Crippen molar-refractivity contribution in [2.24, 2.45) is 5.10 Å². The van der Waals surface area contributed by atoms with Gasteiger partial charge in [-0.25, -0.2) is 5.43 Å². The minimum Gasteiger partial charge on any atom is -0.493 e. The third-order valence-corrected chi connectivity index (χ3v) is 3.64. The summed E-state index contributed by atoms with van der Waals surface area (Å²) >= 11 is 0. The number of hydrogen-bond donors (Lipinski definition) is 1. The summed E-state index contributed by atoms with van der Waals surface area (Å²) in [6, 6.07) is 11.2. The lowest BCUT2D eigenvalue weighted by atomic mass is 10.1. The van der Waals surface area contributed by atoms with Gasteiger partial charge >= 0.3 is 0 Å².